The lowest BCUT2D eigenvalue weighted by Gasteiger charge is -2.38. The molecule has 25 heavy (non-hydrogen) atoms. The number of rotatable bonds is 5. The molecular formula is C18H25N5OS. The number of thiazole rings is 1. The van der Waals surface area contributed by atoms with Gasteiger partial charge >= 0.3 is 0 Å². The van der Waals surface area contributed by atoms with Crippen LogP contribution in [0, 0.1) is 6.92 Å². The van der Waals surface area contributed by atoms with Gasteiger partial charge in [-0.25, -0.2) is 15.0 Å². The molecule has 4 rings (SSSR count). The van der Waals surface area contributed by atoms with Crippen molar-refractivity contribution in [1.82, 2.24) is 19.9 Å². The molecule has 0 unspecified atom stereocenters. The minimum Gasteiger partial charge on any atom is -0.369 e. The van der Waals surface area contributed by atoms with Crippen LogP contribution in [0.2, 0.25) is 0 Å². The smallest absolute Gasteiger partial charge is 0.222 e. The summed E-state index contributed by atoms with van der Waals surface area (Å²) >= 11 is 1.76. The lowest BCUT2D eigenvalue weighted by Crippen LogP contribution is -2.45. The molecule has 0 saturated carbocycles. The van der Waals surface area contributed by atoms with Gasteiger partial charge in [0.2, 0.25) is 5.95 Å². The summed E-state index contributed by atoms with van der Waals surface area (Å²) in [7, 11) is 0. The molecule has 0 radical (unpaired) electrons. The first-order valence-corrected chi connectivity index (χ1v) is 9.91. The van der Waals surface area contributed by atoms with E-state index in [1.165, 1.54) is 17.8 Å². The van der Waals surface area contributed by atoms with Crippen LogP contribution in [-0.2, 0) is 11.3 Å². The predicted molar refractivity (Wildman–Crippen MR) is 98.7 cm³/mol. The van der Waals surface area contributed by atoms with E-state index in [-0.39, 0.29) is 11.7 Å². The van der Waals surface area contributed by atoms with Gasteiger partial charge in [0.05, 0.1) is 18.2 Å². The second-order valence-electron chi connectivity index (χ2n) is 7.11. The zero-order chi connectivity index (χ0) is 17.1. The topological polar surface area (TPSA) is 63.2 Å². The van der Waals surface area contributed by atoms with E-state index >= 15 is 0 Å². The second-order valence-corrected chi connectivity index (χ2v) is 8.05. The van der Waals surface area contributed by atoms with E-state index in [9.17, 15) is 0 Å². The number of likely N-dealkylation sites (tertiary alicyclic amines) is 1. The van der Waals surface area contributed by atoms with Crippen LogP contribution in [0.5, 0.6) is 0 Å². The van der Waals surface area contributed by atoms with Crippen LogP contribution in [0.4, 0.5) is 5.95 Å². The lowest BCUT2D eigenvalue weighted by molar-refractivity contribution is -0.115. The molecular weight excluding hydrogens is 334 g/mol. The Labute approximate surface area is 152 Å². The van der Waals surface area contributed by atoms with Crippen LogP contribution in [0.1, 0.15) is 36.4 Å². The Morgan fingerprint density at radius 1 is 1.36 bits per heavy atom. The van der Waals surface area contributed by atoms with Gasteiger partial charge in [-0.1, -0.05) is 0 Å². The third-order valence-electron chi connectivity index (χ3n) is 5.05. The molecule has 1 N–H and O–H groups in total. The Bertz CT molecular complexity index is 694. The molecule has 2 atom stereocenters. The number of anilines is 1. The van der Waals surface area contributed by atoms with Crippen molar-refractivity contribution in [2.24, 2.45) is 0 Å². The normalized spacial score (nSPS) is 27.0. The molecule has 2 aromatic rings. The van der Waals surface area contributed by atoms with Gasteiger partial charge in [-0.3, -0.25) is 4.90 Å². The van der Waals surface area contributed by atoms with Gasteiger partial charge in [0, 0.05) is 43.1 Å². The van der Waals surface area contributed by atoms with Crippen LogP contribution in [0.15, 0.2) is 23.8 Å². The van der Waals surface area contributed by atoms with E-state index in [1.807, 2.05) is 6.07 Å². The maximum atomic E-state index is 6.55. The monoisotopic (exact) mass is 359 g/mol. The summed E-state index contributed by atoms with van der Waals surface area (Å²) in [5.74, 6) is 0.679. The summed E-state index contributed by atoms with van der Waals surface area (Å²) < 4.78 is 6.55. The maximum absolute atomic E-state index is 6.55. The number of ether oxygens (including phenoxy) is 1. The third-order valence-corrected chi connectivity index (χ3v) is 6.00. The average Bonchev–Trinajstić information content (AvgIpc) is 3.21. The van der Waals surface area contributed by atoms with E-state index in [4.69, 9.17) is 4.74 Å². The fourth-order valence-electron chi connectivity index (χ4n) is 3.89. The summed E-state index contributed by atoms with van der Waals surface area (Å²) in [5, 5.41) is 6.65. The van der Waals surface area contributed by atoms with Crippen molar-refractivity contribution in [1.29, 1.82) is 0 Å². The van der Waals surface area contributed by atoms with Gasteiger partial charge in [0.15, 0.2) is 0 Å². The quantitative estimate of drug-likeness (QED) is 0.886. The molecule has 0 aromatic carbocycles. The molecule has 0 aliphatic carbocycles. The van der Waals surface area contributed by atoms with Crippen molar-refractivity contribution in [3.8, 4) is 0 Å². The van der Waals surface area contributed by atoms with Crippen LogP contribution < -0.4 is 5.32 Å². The SMILES string of the molecule is Cc1csc(CN2CC[C@]3(CCC[C@H](CNc4ncccn4)O3)C2)n1. The highest BCUT2D eigenvalue weighted by Gasteiger charge is 2.42. The molecule has 2 saturated heterocycles. The van der Waals surface area contributed by atoms with E-state index in [2.05, 4.69) is 37.5 Å². The molecule has 0 amide bonds. The van der Waals surface area contributed by atoms with Gasteiger partial charge in [0.1, 0.15) is 5.01 Å². The van der Waals surface area contributed by atoms with Crippen molar-refractivity contribution < 1.29 is 4.74 Å². The maximum Gasteiger partial charge on any atom is 0.222 e. The van der Waals surface area contributed by atoms with Crippen molar-refractivity contribution in [2.45, 2.75) is 50.9 Å². The molecule has 2 aliphatic rings. The van der Waals surface area contributed by atoms with E-state index in [0.717, 1.165) is 44.7 Å². The summed E-state index contributed by atoms with van der Waals surface area (Å²) in [6.45, 7) is 5.90. The van der Waals surface area contributed by atoms with Gasteiger partial charge in [-0.15, -0.1) is 11.3 Å². The first-order valence-electron chi connectivity index (χ1n) is 9.03. The predicted octanol–water partition coefficient (Wildman–Crippen LogP) is 2.87. The minimum atomic E-state index is 0.0223. The zero-order valence-electron chi connectivity index (χ0n) is 14.6. The van der Waals surface area contributed by atoms with E-state index in [0.29, 0.717) is 5.95 Å². The van der Waals surface area contributed by atoms with E-state index in [1.54, 1.807) is 23.7 Å². The highest BCUT2D eigenvalue weighted by atomic mass is 32.1. The molecule has 7 heteroatoms. The molecule has 2 aliphatic heterocycles. The molecule has 2 aromatic heterocycles. The number of nitrogens with one attached hydrogen (secondary N) is 1. The molecule has 134 valence electrons. The Morgan fingerprint density at radius 2 is 2.24 bits per heavy atom. The number of hydrogen-bond acceptors (Lipinski definition) is 7. The van der Waals surface area contributed by atoms with Crippen LogP contribution in [-0.4, -0.2) is 51.2 Å². The van der Waals surface area contributed by atoms with Gasteiger partial charge in [-0.2, -0.15) is 0 Å². The van der Waals surface area contributed by atoms with Gasteiger partial charge in [-0.05, 0) is 38.7 Å². The fraction of sp³-hybridized carbons (Fsp3) is 0.611. The molecule has 6 nitrogen and oxygen atoms in total. The Hall–Kier alpha value is -1.57. The van der Waals surface area contributed by atoms with Gasteiger partial charge in [0.25, 0.3) is 0 Å². The fourth-order valence-corrected chi connectivity index (χ4v) is 4.70. The number of aryl methyl sites for hydroxylation is 1. The number of nitrogens with zero attached hydrogens (tertiary/aromatic N) is 4. The minimum absolute atomic E-state index is 0.0223. The van der Waals surface area contributed by atoms with Crippen molar-refractivity contribution in [2.75, 3.05) is 25.0 Å². The molecule has 2 fully saturated rings. The number of aromatic nitrogens is 3. The van der Waals surface area contributed by atoms with Crippen molar-refractivity contribution in [3.63, 3.8) is 0 Å². The first kappa shape index (κ1) is 16.9. The van der Waals surface area contributed by atoms with Crippen LogP contribution >= 0.6 is 11.3 Å². The number of hydrogen-bond donors (Lipinski definition) is 1. The lowest BCUT2D eigenvalue weighted by atomic mass is 9.90. The summed E-state index contributed by atoms with van der Waals surface area (Å²) in [6.07, 6.45) is 8.37. The summed E-state index contributed by atoms with van der Waals surface area (Å²) in [4.78, 5) is 15.5. The van der Waals surface area contributed by atoms with Gasteiger partial charge < -0.3 is 10.1 Å². The average molecular weight is 359 g/mol. The van der Waals surface area contributed by atoms with E-state index < -0.39 is 0 Å². The largest absolute Gasteiger partial charge is 0.369 e. The summed E-state index contributed by atoms with van der Waals surface area (Å²) in [5.41, 5.74) is 1.14. The van der Waals surface area contributed by atoms with Crippen molar-refractivity contribution in [3.05, 3.63) is 34.5 Å². The van der Waals surface area contributed by atoms with Crippen LogP contribution in [0.3, 0.4) is 0 Å². The Morgan fingerprint density at radius 3 is 3.04 bits per heavy atom. The standard InChI is InChI=1S/C18H25N5OS/c1-14-12-25-16(22-14)11-23-9-6-18(13-23)5-2-4-15(24-18)10-21-17-19-7-3-8-20-17/h3,7-8,12,15H,2,4-6,9-11,13H2,1H3,(H,19,20,21)/t15-,18-/m1/s1. The highest BCUT2D eigenvalue weighted by Crippen LogP contribution is 2.37. The second kappa shape index (κ2) is 7.35. The Kier molecular flexibility index (Phi) is 4.96. The summed E-state index contributed by atoms with van der Waals surface area (Å²) in [6, 6.07) is 1.83. The molecule has 1 spiro atoms. The molecule has 4 heterocycles. The Balaban J connectivity index is 1.31. The molecule has 0 bridgehead atoms. The first-order chi connectivity index (χ1) is 12.2. The van der Waals surface area contributed by atoms with Crippen LogP contribution in [0.25, 0.3) is 0 Å². The van der Waals surface area contributed by atoms with Crippen molar-refractivity contribution >= 4 is 17.3 Å². The third kappa shape index (κ3) is 4.16. The highest BCUT2D eigenvalue weighted by molar-refractivity contribution is 7.09. The zero-order valence-corrected chi connectivity index (χ0v) is 15.5.